The second-order valence-corrected chi connectivity index (χ2v) is 13.1. The quantitative estimate of drug-likeness (QED) is 0.348. The zero-order valence-corrected chi connectivity index (χ0v) is 23.1. The monoisotopic (exact) mass is 596 g/mol. The molecule has 0 aliphatic carbocycles. The molecule has 8 nitrogen and oxygen atoms in total. The highest BCUT2D eigenvalue weighted by Crippen LogP contribution is 2.32. The fourth-order valence-electron chi connectivity index (χ4n) is 5.74. The SMILES string of the molecule is C[C@H]1C[C@@H](NC(=O)c2cc3c(cc2Cl)NC(=O)C3)C[C@@H](F)N1S(=O)(=O)CC1CCN(CCCC(F)(F)F)CC1. The van der Waals surface area contributed by atoms with Crippen LogP contribution in [0.15, 0.2) is 12.1 Å². The number of amides is 2. The van der Waals surface area contributed by atoms with Gasteiger partial charge in [-0.1, -0.05) is 11.6 Å². The van der Waals surface area contributed by atoms with Crippen molar-refractivity contribution in [2.45, 2.75) is 76.4 Å². The van der Waals surface area contributed by atoms with Gasteiger partial charge in [-0.25, -0.2) is 12.8 Å². The lowest BCUT2D eigenvalue weighted by molar-refractivity contribution is -0.136. The topological polar surface area (TPSA) is 98.8 Å². The van der Waals surface area contributed by atoms with Crippen molar-refractivity contribution < 1.29 is 35.6 Å². The Kier molecular flexibility index (Phi) is 9.14. The maximum absolute atomic E-state index is 15.3. The Balaban J connectivity index is 1.29. The summed E-state index contributed by atoms with van der Waals surface area (Å²) in [6.45, 7) is 2.94. The molecule has 3 aliphatic rings. The number of rotatable bonds is 8. The summed E-state index contributed by atoms with van der Waals surface area (Å²) < 4.78 is 79.6. The van der Waals surface area contributed by atoms with Gasteiger partial charge >= 0.3 is 6.18 Å². The number of hydrogen-bond acceptors (Lipinski definition) is 5. The minimum atomic E-state index is -4.18. The Morgan fingerprint density at radius 1 is 1.21 bits per heavy atom. The first-order valence-electron chi connectivity index (χ1n) is 13.1. The van der Waals surface area contributed by atoms with Crippen LogP contribution in [0, 0.1) is 5.92 Å². The molecule has 0 aromatic heterocycles. The van der Waals surface area contributed by atoms with Gasteiger partial charge in [0.2, 0.25) is 15.9 Å². The summed E-state index contributed by atoms with van der Waals surface area (Å²) >= 11 is 6.23. The lowest BCUT2D eigenvalue weighted by atomic mass is 9.98. The van der Waals surface area contributed by atoms with Gasteiger partial charge in [0, 0.05) is 30.6 Å². The Labute approximate surface area is 230 Å². The van der Waals surface area contributed by atoms with Gasteiger partial charge in [-0.2, -0.15) is 17.5 Å². The van der Waals surface area contributed by atoms with Gasteiger partial charge in [-0.05, 0) is 75.9 Å². The number of nitrogens with zero attached hydrogens (tertiary/aromatic N) is 2. The lowest BCUT2D eigenvalue weighted by Crippen LogP contribution is -2.55. The number of carbonyl (C=O) groups excluding carboxylic acids is 2. The predicted octanol–water partition coefficient (Wildman–Crippen LogP) is 4.10. The lowest BCUT2D eigenvalue weighted by Gasteiger charge is -2.40. The van der Waals surface area contributed by atoms with Crippen LogP contribution >= 0.6 is 11.6 Å². The molecule has 4 rings (SSSR count). The minimum absolute atomic E-state index is 0.00849. The van der Waals surface area contributed by atoms with Crippen molar-refractivity contribution in [3.63, 3.8) is 0 Å². The number of nitrogens with one attached hydrogen (secondary N) is 2. The zero-order chi connectivity index (χ0) is 28.5. The van der Waals surface area contributed by atoms with E-state index < -0.39 is 46.9 Å². The fraction of sp³-hybridized carbons (Fsp3) is 0.680. The molecule has 0 unspecified atom stereocenters. The molecule has 0 spiro atoms. The first kappa shape index (κ1) is 30.0. The van der Waals surface area contributed by atoms with Crippen LogP contribution in [0.2, 0.25) is 5.02 Å². The van der Waals surface area contributed by atoms with Crippen LogP contribution in [-0.4, -0.2) is 79.4 Å². The van der Waals surface area contributed by atoms with E-state index in [1.807, 2.05) is 4.90 Å². The zero-order valence-electron chi connectivity index (χ0n) is 21.6. The number of likely N-dealkylation sites (tertiary alicyclic amines) is 1. The smallest absolute Gasteiger partial charge is 0.349 e. The van der Waals surface area contributed by atoms with Crippen LogP contribution in [0.25, 0.3) is 0 Å². The second-order valence-electron chi connectivity index (χ2n) is 10.8. The van der Waals surface area contributed by atoms with Gasteiger partial charge < -0.3 is 15.5 Å². The number of halogens is 5. The molecule has 3 aliphatic heterocycles. The maximum atomic E-state index is 15.3. The van der Waals surface area contributed by atoms with Crippen molar-refractivity contribution in [3.8, 4) is 0 Å². The summed E-state index contributed by atoms with van der Waals surface area (Å²) in [6.07, 6.45) is -5.66. The molecule has 1 aromatic carbocycles. The second kappa shape index (κ2) is 11.9. The van der Waals surface area contributed by atoms with E-state index in [0.717, 1.165) is 4.31 Å². The normalized spacial score (nSPS) is 25.4. The number of fused-ring (bicyclic) bond motifs is 1. The number of piperidine rings is 2. The summed E-state index contributed by atoms with van der Waals surface area (Å²) in [5.41, 5.74) is 1.35. The number of sulfonamides is 1. The highest BCUT2D eigenvalue weighted by Gasteiger charge is 2.42. The first-order chi connectivity index (χ1) is 18.2. The fourth-order valence-corrected chi connectivity index (χ4v) is 8.16. The summed E-state index contributed by atoms with van der Waals surface area (Å²) in [5, 5.41) is 5.55. The molecule has 3 heterocycles. The van der Waals surface area contributed by atoms with E-state index >= 15 is 4.39 Å². The Bertz CT molecular complexity index is 1180. The van der Waals surface area contributed by atoms with Crippen molar-refractivity contribution in [3.05, 3.63) is 28.3 Å². The van der Waals surface area contributed by atoms with Gasteiger partial charge in [-0.15, -0.1) is 0 Å². The number of hydrogen-bond donors (Lipinski definition) is 2. The first-order valence-corrected chi connectivity index (χ1v) is 15.1. The summed E-state index contributed by atoms with van der Waals surface area (Å²) in [6, 6.07) is 1.73. The van der Waals surface area contributed by atoms with E-state index in [1.54, 1.807) is 6.92 Å². The number of alkyl halides is 4. The largest absolute Gasteiger partial charge is 0.389 e. The molecule has 2 fully saturated rings. The average molecular weight is 597 g/mol. The van der Waals surface area contributed by atoms with Gasteiger partial charge in [0.05, 0.1) is 22.8 Å². The van der Waals surface area contributed by atoms with Crippen LogP contribution in [0.1, 0.15) is 61.4 Å². The summed E-state index contributed by atoms with van der Waals surface area (Å²) in [5.74, 6) is -1.14. The van der Waals surface area contributed by atoms with Gasteiger partial charge in [0.25, 0.3) is 5.91 Å². The van der Waals surface area contributed by atoms with Crippen LogP contribution in [0.5, 0.6) is 0 Å². The van der Waals surface area contributed by atoms with Crippen LogP contribution in [0.4, 0.5) is 23.2 Å². The molecule has 0 bridgehead atoms. The maximum Gasteiger partial charge on any atom is 0.389 e. The van der Waals surface area contributed by atoms with Crippen LogP contribution in [-0.2, 0) is 21.2 Å². The molecule has 2 amide bonds. The van der Waals surface area contributed by atoms with Crippen LogP contribution < -0.4 is 10.6 Å². The van der Waals surface area contributed by atoms with E-state index in [9.17, 15) is 31.2 Å². The molecule has 3 atom stereocenters. The van der Waals surface area contributed by atoms with Crippen molar-refractivity contribution in [2.24, 2.45) is 5.92 Å². The molecule has 14 heteroatoms. The molecule has 2 saturated heterocycles. The van der Waals surface area contributed by atoms with Crippen molar-refractivity contribution in [1.82, 2.24) is 14.5 Å². The highest BCUT2D eigenvalue weighted by molar-refractivity contribution is 7.89. The molecule has 2 N–H and O–H groups in total. The number of anilines is 1. The van der Waals surface area contributed by atoms with Gasteiger partial charge in [0.15, 0.2) is 6.30 Å². The molecule has 218 valence electrons. The van der Waals surface area contributed by atoms with Crippen LogP contribution in [0.3, 0.4) is 0 Å². The Morgan fingerprint density at radius 2 is 1.90 bits per heavy atom. The van der Waals surface area contributed by atoms with E-state index in [1.165, 1.54) is 12.1 Å². The minimum Gasteiger partial charge on any atom is -0.349 e. The highest BCUT2D eigenvalue weighted by atomic mass is 35.5. The van der Waals surface area contributed by atoms with E-state index in [2.05, 4.69) is 10.6 Å². The third kappa shape index (κ3) is 7.62. The van der Waals surface area contributed by atoms with E-state index in [4.69, 9.17) is 11.6 Å². The molecule has 0 saturated carbocycles. The Morgan fingerprint density at radius 3 is 2.54 bits per heavy atom. The molecule has 1 aromatic rings. The standard InChI is InChI=1S/C25H33ClF4N4O4S/c1-15-9-18(31-24(36)19-10-17-11-23(35)32-21(17)13-20(19)26)12-22(27)34(15)39(37,38)14-16-3-7-33(8-4-16)6-2-5-25(28,29)30/h10,13,15-16,18,22H,2-9,11-12,14H2,1H3,(H,31,36)(H,32,35)/t15-,18+,22-/m0/s1. The van der Waals surface area contributed by atoms with Crippen molar-refractivity contribution in [1.29, 1.82) is 0 Å². The molecular weight excluding hydrogens is 564 g/mol. The Hall–Kier alpha value is -1.96. The summed E-state index contributed by atoms with van der Waals surface area (Å²) in [4.78, 5) is 26.4. The van der Waals surface area contributed by atoms with E-state index in [0.29, 0.717) is 43.7 Å². The summed E-state index contributed by atoms with van der Waals surface area (Å²) in [7, 11) is -3.94. The number of carbonyl (C=O) groups is 2. The molecule has 0 radical (unpaired) electrons. The number of benzene rings is 1. The van der Waals surface area contributed by atoms with Gasteiger partial charge in [-0.3, -0.25) is 9.59 Å². The molecular formula is C25H33ClF4N4O4S. The van der Waals surface area contributed by atoms with Crippen molar-refractivity contribution in [2.75, 3.05) is 30.7 Å². The van der Waals surface area contributed by atoms with Crippen molar-refractivity contribution >= 4 is 39.1 Å². The van der Waals surface area contributed by atoms with Gasteiger partial charge in [0.1, 0.15) is 0 Å². The van der Waals surface area contributed by atoms with E-state index in [-0.39, 0.29) is 53.8 Å². The molecule has 39 heavy (non-hydrogen) atoms. The average Bonchev–Trinajstić information content (AvgIpc) is 3.16. The third-order valence-corrected chi connectivity index (χ3v) is 10.1. The predicted molar refractivity (Wildman–Crippen MR) is 139 cm³/mol. The third-order valence-electron chi connectivity index (χ3n) is 7.62.